The lowest BCUT2D eigenvalue weighted by Gasteiger charge is -2.07. The van der Waals surface area contributed by atoms with Gasteiger partial charge in [0.05, 0.1) is 0 Å². The molecule has 17 heavy (non-hydrogen) atoms. The summed E-state index contributed by atoms with van der Waals surface area (Å²) in [6.07, 6.45) is 0. The third-order valence-electron chi connectivity index (χ3n) is 1.97. The van der Waals surface area contributed by atoms with Gasteiger partial charge in [-0.25, -0.2) is 14.6 Å². The van der Waals surface area contributed by atoms with Crippen molar-refractivity contribution in [2.45, 2.75) is 6.61 Å². The van der Waals surface area contributed by atoms with Crippen molar-refractivity contribution in [3.63, 3.8) is 0 Å². The normalized spacial score (nSPS) is 10.3. The molecule has 2 aromatic heterocycles. The first kappa shape index (κ1) is 11.7. The molecule has 0 amide bonds. The Morgan fingerprint density at radius 2 is 2.24 bits per heavy atom. The van der Waals surface area contributed by atoms with Crippen LogP contribution in [0.4, 0.5) is 14.6 Å². The van der Waals surface area contributed by atoms with Gasteiger partial charge in [-0.1, -0.05) is 6.07 Å². The number of hydrazine groups is 1. The minimum atomic E-state index is -0.867. The number of anilines is 1. The van der Waals surface area contributed by atoms with E-state index in [2.05, 4.69) is 4.98 Å². The fourth-order valence-corrected chi connectivity index (χ4v) is 1.80. The van der Waals surface area contributed by atoms with Crippen LogP contribution >= 0.6 is 11.3 Å². The molecule has 90 valence electrons. The molecule has 7 heteroatoms. The number of ether oxygens (including phenoxy) is 1. The summed E-state index contributed by atoms with van der Waals surface area (Å²) in [6.45, 7) is 0.178. The fraction of sp³-hybridized carbons (Fsp3) is 0.100. The number of thiophene rings is 1. The standard InChI is InChI=1S/C10H9F2N3OS/c11-7-4-8(12)10(14-9(7)15-13)16-5-6-2-1-3-17-6/h1-4H,5,13H2,(H,14,15). The van der Waals surface area contributed by atoms with Crippen molar-refractivity contribution in [3.05, 3.63) is 40.1 Å². The predicted octanol–water partition coefficient (Wildman–Crippen LogP) is 2.29. The Labute approximate surface area is 100 Å². The molecule has 0 aromatic carbocycles. The monoisotopic (exact) mass is 257 g/mol. The molecule has 0 saturated carbocycles. The largest absolute Gasteiger partial charge is 0.470 e. The van der Waals surface area contributed by atoms with Gasteiger partial charge in [-0.05, 0) is 11.4 Å². The Morgan fingerprint density at radius 1 is 1.41 bits per heavy atom. The highest BCUT2D eigenvalue weighted by Gasteiger charge is 2.12. The Bertz CT molecular complexity index is 505. The number of halogens is 2. The smallest absolute Gasteiger partial charge is 0.252 e. The maximum absolute atomic E-state index is 13.3. The Kier molecular flexibility index (Phi) is 3.50. The molecule has 3 N–H and O–H groups in total. The van der Waals surface area contributed by atoms with Gasteiger partial charge < -0.3 is 10.2 Å². The Balaban J connectivity index is 2.15. The first-order valence-electron chi connectivity index (χ1n) is 4.68. The Hall–Kier alpha value is -1.73. The van der Waals surface area contributed by atoms with Gasteiger partial charge in [0.15, 0.2) is 17.5 Å². The summed E-state index contributed by atoms with van der Waals surface area (Å²) in [5.74, 6) is 2.76. The fourth-order valence-electron chi connectivity index (χ4n) is 1.19. The van der Waals surface area contributed by atoms with E-state index in [-0.39, 0.29) is 18.3 Å². The van der Waals surface area contributed by atoms with Crippen LogP contribution in [-0.4, -0.2) is 4.98 Å². The number of aromatic nitrogens is 1. The predicted molar refractivity (Wildman–Crippen MR) is 60.6 cm³/mol. The van der Waals surface area contributed by atoms with Crippen molar-refractivity contribution < 1.29 is 13.5 Å². The molecule has 0 unspecified atom stereocenters. The molecule has 0 aliphatic rings. The van der Waals surface area contributed by atoms with Crippen LogP contribution in [-0.2, 0) is 6.61 Å². The highest BCUT2D eigenvalue weighted by atomic mass is 32.1. The van der Waals surface area contributed by atoms with Gasteiger partial charge in [-0.2, -0.15) is 4.98 Å². The molecular weight excluding hydrogens is 248 g/mol. The van der Waals surface area contributed by atoms with Gasteiger partial charge in [-0.3, -0.25) is 0 Å². The zero-order chi connectivity index (χ0) is 12.3. The van der Waals surface area contributed by atoms with E-state index in [1.165, 1.54) is 11.3 Å². The van der Waals surface area contributed by atoms with E-state index in [4.69, 9.17) is 10.6 Å². The lowest BCUT2D eigenvalue weighted by atomic mass is 10.4. The molecule has 0 fully saturated rings. The summed E-state index contributed by atoms with van der Waals surface area (Å²) in [5.41, 5.74) is 2.03. The summed E-state index contributed by atoms with van der Waals surface area (Å²) >= 11 is 1.47. The maximum atomic E-state index is 13.3. The number of pyridine rings is 1. The van der Waals surface area contributed by atoms with E-state index < -0.39 is 11.6 Å². The first-order valence-corrected chi connectivity index (χ1v) is 5.56. The number of rotatable bonds is 4. The SMILES string of the molecule is NNc1nc(OCc2cccs2)c(F)cc1F. The van der Waals surface area contributed by atoms with Crippen LogP contribution in [0.5, 0.6) is 5.88 Å². The molecule has 0 aliphatic heterocycles. The highest BCUT2D eigenvalue weighted by molar-refractivity contribution is 7.09. The molecule has 2 rings (SSSR count). The molecule has 0 atom stereocenters. The lowest BCUT2D eigenvalue weighted by Crippen LogP contribution is -2.12. The quantitative estimate of drug-likeness (QED) is 0.651. The van der Waals surface area contributed by atoms with Gasteiger partial charge in [0.1, 0.15) is 6.61 Å². The van der Waals surface area contributed by atoms with Gasteiger partial charge in [0.25, 0.3) is 5.88 Å². The molecular formula is C10H9F2N3OS. The molecule has 0 aliphatic carbocycles. The van der Waals surface area contributed by atoms with E-state index in [0.29, 0.717) is 6.07 Å². The van der Waals surface area contributed by atoms with Gasteiger partial charge in [0, 0.05) is 10.9 Å². The van der Waals surface area contributed by atoms with Crippen LogP contribution in [0.3, 0.4) is 0 Å². The zero-order valence-electron chi connectivity index (χ0n) is 8.61. The zero-order valence-corrected chi connectivity index (χ0v) is 9.43. The summed E-state index contributed by atoms with van der Waals surface area (Å²) in [6, 6.07) is 4.37. The van der Waals surface area contributed by atoms with Crippen LogP contribution in [0.15, 0.2) is 23.6 Å². The number of hydrogen-bond acceptors (Lipinski definition) is 5. The van der Waals surface area contributed by atoms with Gasteiger partial charge in [-0.15, -0.1) is 11.3 Å². The number of nitrogens with two attached hydrogens (primary N) is 1. The molecule has 4 nitrogen and oxygen atoms in total. The second-order valence-electron chi connectivity index (χ2n) is 3.12. The topological polar surface area (TPSA) is 60.2 Å². The number of nitrogen functional groups attached to an aromatic ring is 1. The minimum Gasteiger partial charge on any atom is -0.470 e. The van der Waals surface area contributed by atoms with Crippen molar-refractivity contribution in [3.8, 4) is 5.88 Å². The average molecular weight is 257 g/mol. The van der Waals surface area contributed by atoms with E-state index in [1.807, 2.05) is 22.9 Å². The van der Waals surface area contributed by atoms with Crippen LogP contribution in [0.2, 0.25) is 0 Å². The first-order chi connectivity index (χ1) is 8.20. The second kappa shape index (κ2) is 5.07. The molecule has 0 radical (unpaired) electrons. The second-order valence-corrected chi connectivity index (χ2v) is 4.15. The molecule has 2 heterocycles. The van der Waals surface area contributed by atoms with Crippen LogP contribution in [0.25, 0.3) is 0 Å². The van der Waals surface area contributed by atoms with Crippen molar-refractivity contribution in [1.29, 1.82) is 0 Å². The van der Waals surface area contributed by atoms with Crippen molar-refractivity contribution >= 4 is 17.2 Å². The van der Waals surface area contributed by atoms with Crippen LogP contribution in [0, 0.1) is 11.6 Å². The number of hydrogen-bond donors (Lipinski definition) is 2. The van der Waals surface area contributed by atoms with Crippen molar-refractivity contribution in [1.82, 2.24) is 4.98 Å². The number of nitrogens with one attached hydrogen (secondary N) is 1. The summed E-state index contributed by atoms with van der Waals surface area (Å²) in [7, 11) is 0. The summed E-state index contributed by atoms with van der Waals surface area (Å²) < 4.78 is 31.5. The third kappa shape index (κ3) is 2.69. The third-order valence-corrected chi connectivity index (χ3v) is 2.82. The van der Waals surface area contributed by atoms with Crippen molar-refractivity contribution in [2.75, 3.05) is 5.43 Å². The number of nitrogens with zero attached hydrogens (tertiary/aromatic N) is 1. The molecule has 0 bridgehead atoms. The molecule has 0 spiro atoms. The van der Waals surface area contributed by atoms with Crippen LogP contribution in [0.1, 0.15) is 4.88 Å². The highest BCUT2D eigenvalue weighted by Crippen LogP contribution is 2.21. The maximum Gasteiger partial charge on any atom is 0.252 e. The van der Waals surface area contributed by atoms with E-state index >= 15 is 0 Å². The van der Waals surface area contributed by atoms with Crippen LogP contribution < -0.4 is 16.0 Å². The lowest BCUT2D eigenvalue weighted by molar-refractivity contribution is 0.279. The van der Waals surface area contributed by atoms with E-state index in [1.54, 1.807) is 0 Å². The van der Waals surface area contributed by atoms with Crippen molar-refractivity contribution in [2.24, 2.45) is 5.84 Å². The van der Waals surface area contributed by atoms with Gasteiger partial charge in [0.2, 0.25) is 0 Å². The molecule has 2 aromatic rings. The summed E-state index contributed by atoms with van der Waals surface area (Å²) in [5, 5.41) is 1.88. The minimum absolute atomic E-state index is 0.178. The van der Waals surface area contributed by atoms with E-state index in [9.17, 15) is 8.78 Å². The molecule has 0 saturated heterocycles. The Morgan fingerprint density at radius 3 is 2.88 bits per heavy atom. The average Bonchev–Trinajstić information content (AvgIpc) is 2.81. The summed E-state index contributed by atoms with van der Waals surface area (Å²) in [4.78, 5) is 4.50. The van der Waals surface area contributed by atoms with Gasteiger partial charge >= 0.3 is 0 Å². The van der Waals surface area contributed by atoms with E-state index in [0.717, 1.165) is 4.88 Å².